The second kappa shape index (κ2) is 5.95. The van der Waals surface area contributed by atoms with Gasteiger partial charge in [0.1, 0.15) is 11.6 Å². The van der Waals surface area contributed by atoms with Gasteiger partial charge in [-0.05, 0) is 23.8 Å². The molecule has 1 amide bonds. The maximum atomic E-state index is 13.1. The molecule has 0 fully saturated rings. The first kappa shape index (κ1) is 13.6. The number of ether oxygens (including phenoxy) is 1. The Balaban J connectivity index is 1.68. The minimum absolute atomic E-state index is 0.0454. The maximum absolute atomic E-state index is 13.1. The number of para-hydroxylation sites is 1. The van der Waals surface area contributed by atoms with E-state index in [2.05, 4.69) is 5.32 Å². The molecular formula is C17H16FNO2. The Kier molecular flexibility index (Phi) is 3.86. The summed E-state index contributed by atoms with van der Waals surface area (Å²) in [6.07, 6.45) is 0.920. The van der Waals surface area contributed by atoms with Crippen LogP contribution < -0.4 is 10.1 Å². The zero-order valence-electron chi connectivity index (χ0n) is 11.5. The van der Waals surface area contributed by atoms with E-state index in [1.807, 2.05) is 24.3 Å². The van der Waals surface area contributed by atoms with Gasteiger partial charge in [-0.25, -0.2) is 4.39 Å². The van der Waals surface area contributed by atoms with E-state index >= 15 is 0 Å². The average molecular weight is 285 g/mol. The van der Waals surface area contributed by atoms with E-state index in [-0.39, 0.29) is 24.2 Å². The van der Waals surface area contributed by atoms with Crippen molar-refractivity contribution < 1.29 is 13.9 Å². The van der Waals surface area contributed by atoms with E-state index in [0.29, 0.717) is 12.2 Å². The van der Waals surface area contributed by atoms with Crippen LogP contribution >= 0.6 is 0 Å². The number of halogens is 1. The van der Waals surface area contributed by atoms with Gasteiger partial charge in [-0.1, -0.05) is 30.3 Å². The molecule has 0 saturated carbocycles. The lowest BCUT2D eigenvalue weighted by Crippen LogP contribution is -2.33. The number of rotatable bonds is 3. The van der Waals surface area contributed by atoms with Crippen LogP contribution in [0.25, 0.3) is 0 Å². The van der Waals surface area contributed by atoms with Crippen LogP contribution in [0.4, 0.5) is 4.39 Å². The molecule has 1 heterocycles. The Morgan fingerprint density at radius 1 is 1.24 bits per heavy atom. The predicted molar refractivity (Wildman–Crippen MR) is 77.5 cm³/mol. The first-order valence-corrected chi connectivity index (χ1v) is 6.98. The first-order valence-electron chi connectivity index (χ1n) is 6.98. The van der Waals surface area contributed by atoms with Gasteiger partial charge < -0.3 is 10.1 Å². The number of carbonyl (C=O) groups is 1. The number of fused-ring (bicyclic) bond motifs is 1. The third kappa shape index (κ3) is 3.21. The molecule has 0 spiro atoms. The van der Waals surface area contributed by atoms with Crippen molar-refractivity contribution >= 4 is 5.91 Å². The van der Waals surface area contributed by atoms with E-state index in [4.69, 9.17) is 4.74 Å². The van der Waals surface area contributed by atoms with Gasteiger partial charge in [-0.3, -0.25) is 4.79 Å². The van der Waals surface area contributed by atoms with Gasteiger partial charge in [0.2, 0.25) is 5.91 Å². The van der Waals surface area contributed by atoms with Crippen molar-refractivity contribution in [3.63, 3.8) is 0 Å². The Morgan fingerprint density at radius 2 is 2.10 bits per heavy atom. The molecule has 4 heteroatoms. The molecule has 0 saturated heterocycles. The van der Waals surface area contributed by atoms with Crippen LogP contribution in [0.3, 0.4) is 0 Å². The van der Waals surface area contributed by atoms with Crippen molar-refractivity contribution in [1.82, 2.24) is 5.32 Å². The van der Waals surface area contributed by atoms with E-state index in [0.717, 1.165) is 17.7 Å². The molecule has 1 N–H and O–H groups in total. The van der Waals surface area contributed by atoms with Crippen molar-refractivity contribution in [2.45, 2.75) is 18.9 Å². The van der Waals surface area contributed by atoms with Crippen LogP contribution in [-0.4, -0.2) is 12.5 Å². The molecule has 0 aromatic heterocycles. The molecular weight excluding hydrogens is 269 g/mol. The third-order valence-corrected chi connectivity index (χ3v) is 3.55. The lowest BCUT2D eigenvalue weighted by Gasteiger charge is -2.26. The Hall–Kier alpha value is -2.36. The highest BCUT2D eigenvalue weighted by molar-refractivity contribution is 5.79. The summed E-state index contributed by atoms with van der Waals surface area (Å²) in [5.41, 5.74) is 1.67. The fourth-order valence-electron chi connectivity index (χ4n) is 2.57. The zero-order chi connectivity index (χ0) is 14.7. The largest absolute Gasteiger partial charge is 0.493 e. The summed E-state index contributed by atoms with van der Waals surface area (Å²) in [6.45, 7) is 0.585. The van der Waals surface area contributed by atoms with Crippen molar-refractivity contribution in [3.8, 4) is 5.75 Å². The number of carbonyl (C=O) groups excluding carboxylic acids is 1. The fourth-order valence-corrected chi connectivity index (χ4v) is 2.57. The first-order chi connectivity index (χ1) is 10.2. The highest BCUT2D eigenvalue weighted by Gasteiger charge is 2.22. The van der Waals surface area contributed by atoms with Crippen LogP contribution in [0.15, 0.2) is 48.5 Å². The number of nitrogens with one attached hydrogen (secondary N) is 1. The molecule has 1 atom stereocenters. The average Bonchev–Trinajstić information content (AvgIpc) is 2.47. The van der Waals surface area contributed by atoms with Crippen LogP contribution in [0.2, 0.25) is 0 Å². The van der Waals surface area contributed by atoms with E-state index < -0.39 is 0 Å². The predicted octanol–water partition coefficient (Wildman–Crippen LogP) is 3.01. The molecule has 1 aliphatic heterocycles. The second-order valence-electron chi connectivity index (χ2n) is 5.10. The maximum Gasteiger partial charge on any atom is 0.224 e. The minimum atomic E-state index is -0.322. The van der Waals surface area contributed by atoms with Gasteiger partial charge in [-0.15, -0.1) is 0 Å². The summed E-state index contributed by atoms with van der Waals surface area (Å²) >= 11 is 0. The summed E-state index contributed by atoms with van der Waals surface area (Å²) in [5, 5.41) is 3.00. The van der Waals surface area contributed by atoms with Crippen molar-refractivity contribution in [3.05, 3.63) is 65.5 Å². The number of amides is 1. The Labute approximate surface area is 122 Å². The standard InChI is InChI=1S/C17H16FNO2/c18-13-5-3-4-12(10-13)11-17(20)19-15-8-9-21-16-7-2-1-6-14(15)16/h1-7,10,15H,8-9,11H2,(H,19,20)/t15-/m1/s1. The molecule has 2 aromatic carbocycles. The van der Waals surface area contributed by atoms with Crippen LogP contribution in [0.1, 0.15) is 23.6 Å². The molecule has 2 aromatic rings. The topological polar surface area (TPSA) is 38.3 Å². The lowest BCUT2D eigenvalue weighted by molar-refractivity contribution is -0.121. The highest BCUT2D eigenvalue weighted by Crippen LogP contribution is 2.31. The van der Waals surface area contributed by atoms with Gasteiger partial charge in [-0.2, -0.15) is 0 Å². The minimum Gasteiger partial charge on any atom is -0.493 e. The monoisotopic (exact) mass is 285 g/mol. The SMILES string of the molecule is O=C(Cc1cccc(F)c1)N[C@@H]1CCOc2ccccc21. The summed E-state index contributed by atoms with van der Waals surface area (Å²) in [6, 6.07) is 13.8. The zero-order valence-corrected chi connectivity index (χ0v) is 11.5. The molecule has 1 aliphatic rings. The number of benzene rings is 2. The third-order valence-electron chi connectivity index (χ3n) is 3.55. The van der Waals surface area contributed by atoms with E-state index in [9.17, 15) is 9.18 Å². The van der Waals surface area contributed by atoms with Gasteiger partial charge in [0.25, 0.3) is 0 Å². The van der Waals surface area contributed by atoms with Crippen LogP contribution in [0, 0.1) is 5.82 Å². The molecule has 21 heavy (non-hydrogen) atoms. The fraction of sp³-hybridized carbons (Fsp3) is 0.235. The van der Waals surface area contributed by atoms with Crippen molar-refractivity contribution in [1.29, 1.82) is 0 Å². The normalized spacial score (nSPS) is 16.7. The van der Waals surface area contributed by atoms with Crippen molar-refractivity contribution in [2.75, 3.05) is 6.61 Å². The smallest absolute Gasteiger partial charge is 0.224 e. The van der Waals surface area contributed by atoms with Crippen LogP contribution in [0.5, 0.6) is 5.75 Å². The quantitative estimate of drug-likeness (QED) is 0.941. The molecule has 0 bridgehead atoms. The Bertz CT molecular complexity index is 657. The summed E-state index contributed by atoms with van der Waals surface area (Å²) in [7, 11) is 0. The highest BCUT2D eigenvalue weighted by atomic mass is 19.1. The molecule has 3 nitrogen and oxygen atoms in total. The van der Waals surface area contributed by atoms with E-state index in [1.54, 1.807) is 12.1 Å². The second-order valence-corrected chi connectivity index (χ2v) is 5.10. The van der Waals surface area contributed by atoms with E-state index in [1.165, 1.54) is 12.1 Å². The number of hydrogen-bond donors (Lipinski definition) is 1. The van der Waals surface area contributed by atoms with Crippen LogP contribution in [-0.2, 0) is 11.2 Å². The number of hydrogen-bond acceptors (Lipinski definition) is 2. The molecule has 0 unspecified atom stereocenters. The summed E-state index contributed by atoms with van der Waals surface area (Å²) in [5.74, 6) is 0.388. The lowest BCUT2D eigenvalue weighted by atomic mass is 10.00. The van der Waals surface area contributed by atoms with Gasteiger partial charge in [0.15, 0.2) is 0 Å². The summed E-state index contributed by atoms with van der Waals surface area (Å²) in [4.78, 5) is 12.1. The molecule has 0 aliphatic carbocycles. The summed E-state index contributed by atoms with van der Waals surface area (Å²) < 4.78 is 18.7. The van der Waals surface area contributed by atoms with Gasteiger partial charge >= 0.3 is 0 Å². The molecule has 108 valence electrons. The Morgan fingerprint density at radius 3 is 2.95 bits per heavy atom. The molecule has 0 radical (unpaired) electrons. The van der Waals surface area contributed by atoms with Gasteiger partial charge in [0.05, 0.1) is 19.1 Å². The van der Waals surface area contributed by atoms with Gasteiger partial charge in [0, 0.05) is 12.0 Å². The van der Waals surface area contributed by atoms with Crippen molar-refractivity contribution in [2.24, 2.45) is 0 Å². The molecule has 3 rings (SSSR count).